The number of benzene rings is 1. The van der Waals surface area contributed by atoms with Crippen LogP contribution in [0, 0.1) is 0 Å². The monoisotopic (exact) mass is 269 g/mol. The first-order valence-corrected chi connectivity index (χ1v) is 7.57. The van der Waals surface area contributed by atoms with Gasteiger partial charge in [0, 0.05) is 18.5 Å². The van der Waals surface area contributed by atoms with Gasteiger partial charge in [-0.1, -0.05) is 18.2 Å². The highest BCUT2D eigenvalue weighted by atomic mass is 32.2. The van der Waals surface area contributed by atoms with Gasteiger partial charge in [-0.05, 0) is 6.07 Å². The van der Waals surface area contributed by atoms with E-state index in [0.29, 0.717) is 30.0 Å². The number of nitrogens with two attached hydrogens (primary N) is 1. The van der Waals surface area contributed by atoms with Crippen molar-refractivity contribution in [3.63, 3.8) is 0 Å². The molecule has 5 nitrogen and oxygen atoms in total. The molecule has 2 aliphatic rings. The summed E-state index contributed by atoms with van der Waals surface area (Å²) in [6.07, 6.45) is 0.155. The van der Waals surface area contributed by atoms with Gasteiger partial charge in [0.05, 0.1) is 23.4 Å². The van der Waals surface area contributed by atoms with Crippen LogP contribution in [0.2, 0.25) is 0 Å². The Morgan fingerprint density at radius 3 is 2.89 bits per heavy atom. The topological polar surface area (TPSA) is 78.6 Å². The normalized spacial score (nSPS) is 33.5. The van der Waals surface area contributed by atoms with Crippen LogP contribution < -0.4 is 5.73 Å². The standard InChI is InChI=1S/C12H15NO4S/c13-7-9-8-16-12(17-9)5-6-18(14,15)11-4-2-1-3-10(11)12/h1-4,9H,5-8,13H2. The fraction of sp³-hybridized carbons (Fsp3) is 0.500. The van der Waals surface area contributed by atoms with Crippen molar-refractivity contribution >= 4 is 9.84 Å². The summed E-state index contributed by atoms with van der Waals surface area (Å²) in [6, 6.07) is 6.87. The molecular formula is C12H15NO4S. The summed E-state index contributed by atoms with van der Waals surface area (Å²) < 4.78 is 35.6. The summed E-state index contributed by atoms with van der Waals surface area (Å²) in [5.41, 5.74) is 6.18. The summed E-state index contributed by atoms with van der Waals surface area (Å²) >= 11 is 0. The van der Waals surface area contributed by atoms with Crippen LogP contribution in [0.4, 0.5) is 0 Å². The number of sulfone groups is 1. The molecule has 1 spiro atoms. The van der Waals surface area contributed by atoms with Gasteiger partial charge < -0.3 is 15.2 Å². The maximum absolute atomic E-state index is 12.0. The molecule has 1 saturated heterocycles. The van der Waals surface area contributed by atoms with E-state index in [1.807, 2.05) is 0 Å². The van der Waals surface area contributed by atoms with E-state index in [0.717, 1.165) is 0 Å². The Balaban J connectivity index is 2.11. The Morgan fingerprint density at radius 1 is 1.39 bits per heavy atom. The predicted octanol–water partition coefficient (Wildman–Crippen LogP) is 0.391. The predicted molar refractivity (Wildman–Crippen MR) is 64.7 cm³/mol. The molecule has 0 saturated carbocycles. The molecule has 18 heavy (non-hydrogen) atoms. The minimum Gasteiger partial charge on any atom is -0.343 e. The molecule has 3 rings (SSSR count). The number of fused-ring (bicyclic) bond motifs is 2. The molecule has 2 heterocycles. The molecule has 6 heteroatoms. The second-order valence-electron chi connectivity index (χ2n) is 4.60. The first-order valence-electron chi connectivity index (χ1n) is 5.91. The molecule has 0 aromatic heterocycles. The van der Waals surface area contributed by atoms with Crippen molar-refractivity contribution in [2.45, 2.75) is 23.2 Å². The molecule has 2 N–H and O–H groups in total. The molecule has 2 aliphatic heterocycles. The third-order valence-corrected chi connectivity index (χ3v) is 5.22. The van der Waals surface area contributed by atoms with Gasteiger partial charge in [-0.15, -0.1) is 0 Å². The fourth-order valence-corrected chi connectivity index (χ4v) is 4.12. The Hall–Kier alpha value is -0.950. The van der Waals surface area contributed by atoms with Crippen LogP contribution in [0.25, 0.3) is 0 Å². The third-order valence-electron chi connectivity index (χ3n) is 3.45. The lowest BCUT2D eigenvalue weighted by molar-refractivity contribution is -0.180. The quantitative estimate of drug-likeness (QED) is 0.798. The van der Waals surface area contributed by atoms with Crippen LogP contribution in [0.3, 0.4) is 0 Å². The highest BCUT2D eigenvalue weighted by Crippen LogP contribution is 2.44. The number of hydrogen-bond donors (Lipinski definition) is 1. The number of ether oxygens (including phenoxy) is 2. The molecule has 2 unspecified atom stereocenters. The lowest BCUT2D eigenvalue weighted by atomic mass is 10.0. The maximum atomic E-state index is 12.0. The molecule has 1 aromatic rings. The average Bonchev–Trinajstić information content (AvgIpc) is 2.80. The minimum absolute atomic E-state index is 0.0430. The van der Waals surface area contributed by atoms with Crippen LogP contribution in [0.5, 0.6) is 0 Å². The van der Waals surface area contributed by atoms with E-state index < -0.39 is 15.6 Å². The fourth-order valence-electron chi connectivity index (χ4n) is 2.52. The lowest BCUT2D eigenvalue weighted by Gasteiger charge is -2.33. The minimum atomic E-state index is -3.22. The van der Waals surface area contributed by atoms with Crippen molar-refractivity contribution in [3.8, 4) is 0 Å². The van der Waals surface area contributed by atoms with E-state index in [-0.39, 0.29) is 11.9 Å². The average molecular weight is 269 g/mol. The lowest BCUT2D eigenvalue weighted by Crippen LogP contribution is -2.37. The van der Waals surface area contributed by atoms with E-state index in [2.05, 4.69) is 0 Å². The Morgan fingerprint density at radius 2 is 2.17 bits per heavy atom. The molecule has 98 valence electrons. The molecule has 0 bridgehead atoms. The van der Waals surface area contributed by atoms with E-state index in [9.17, 15) is 8.42 Å². The Labute approximate surface area is 106 Å². The second kappa shape index (κ2) is 4.03. The zero-order valence-corrected chi connectivity index (χ0v) is 10.7. The zero-order chi connectivity index (χ0) is 12.8. The van der Waals surface area contributed by atoms with E-state index in [1.165, 1.54) is 0 Å². The van der Waals surface area contributed by atoms with Gasteiger partial charge in [-0.2, -0.15) is 0 Å². The van der Waals surface area contributed by atoms with Gasteiger partial charge in [0.25, 0.3) is 0 Å². The van der Waals surface area contributed by atoms with Gasteiger partial charge in [0.1, 0.15) is 0 Å². The summed E-state index contributed by atoms with van der Waals surface area (Å²) in [4.78, 5) is 0.314. The third kappa shape index (κ3) is 1.68. The molecule has 2 atom stereocenters. The molecule has 1 fully saturated rings. The van der Waals surface area contributed by atoms with Crippen LogP contribution >= 0.6 is 0 Å². The van der Waals surface area contributed by atoms with Gasteiger partial charge in [0.15, 0.2) is 15.6 Å². The van der Waals surface area contributed by atoms with Crippen LogP contribution in [-0.4, -0.2) is 33.4 Å². The van der Waals surface area contributed by atoms with Gasteiger partial charge in [-0.25, -0.2) is 8.42 Å². The molecule has 0 radical (unpaired) electrons. The highest BCUT2D eigenvalue weighted by molar-refractivity contribution is 7.91. The Kier molecular flexibility index (Phi) is 2.71. The smallest absolute Gasteiger partial charge is 0.197 e. The first-order chi connectivity index (χ1) is 8.57. The summed E-state index contributed by atoms with van der Waals surface area (Å²) in [6.45, 7) is 0.779. The number of rotatable bonds is 1. The molecule has 0 amide bonds. The Bertz CT molecular complexity index is 571. The van der Waals surface area contributed by atoms with Crippen molar-refractivity contribution in [3.05, 3.63) is 29.8 Å². The van der Waals surface area contributed by atoms with E-state index >= 15 is 0 Å². The molecule has 0 aliphatic carbocycles. The van der Waals surface area contributed by atoms with Crippen molar-refractivity contribution < 1.29 is 17.9 Å². The van der Waals surface area contributed by atoms with Crippen LogP contribution in [0.1, 0.15) is 12.0 Å². The zero-order valence-electron chi connectivity index (χ0n) is 9.83. The van der Waals surface area contributed by atoms with E-state index in [4.69, 9.17) is 15.2 Å². The highest BCUT2D eigenvalue weighted by Gasteiger charge is 2.49. The summed E-state index contributed by atoms with van der Waals surface area (Å²) in [5, 5.41) is 0. The first kappa shape index (κ1) is 12.1. The SMILES string of the molecule is NCC1COC2(CCS(=O)(=O)c3ccccc32)O1. The molecular weight excluding hydrogens is 254 g/mol. The van der Waals surface area contributed by atoms with Crippen molar-refractivity contribution in [2.75, 3.05) is 18.9 Å². The second-order valence-corrected chi connectivity index (χ2v) is 6.68. The largest absolute Gasteiger partial charge is 0.343 e. The van der Waals surface area contributed by atoms with Gasteiger partial charge >= 0.3 is 0 Å². The van der Waals surface area contributed by atoms with Gasteiger partial charge in [0.2, 0.25) is 0 Å². The van der Waals surface area contributed by atoms with Crippen molar-refractivity contribution in [2.24, 2.45) is 5.73 Å². The van der Waals surface area contributed by atoms with Crippen LogP contribution in [0.15, 0.2) is 29.2 Å². The van der Waals surface area contributed by atoms with Crippen molar-refractivity contribution in [1.82, 2.24) is 0 Å². The number of hydrogen-bond acceptors (Lipinski definition) is 5. The molecule has 1 aromatic carbocycles. The maximum Gasteiger partial charge on any atom is 0.197 e. The van der Waals surface area contributed by atoms with Gasteiger partial charge in [-0.3, -0.25) is 0 Å². The summed E-state index contributed by atoms with van der Waals surface area (Å²) in [5.74, 6) is -0.882. The van der Waals surface area contributed by atoms with Crippen molar-refractivity contribution in [1.29, 1.82) is 0 Å². The van der Waals surface area contributed by atoms with E-state index in [1.54, 1.807) is 24.3 Å². The van der Waals surface area contributed by atoms with Crippen LogP contribution in [-0.2, 0) is 25.1 Å². The summed E-state index contributed by atoms with van der Waals surface area (Å²) in [7, 11) is -3.22.